The van der Waals surface area contributed by atoms with E-state index in [1.807, 2.05) is 12.1 Å². The number of carbonyl (C=O) groups excluding carboxylic acids is 1. The third kappa shape index (κ3) is 5.43. The average molecular weight is 388 g/mol. The third-order valence-electron chi connectivity index (χ3n) is 2.86. The van der Waals surface area contributed by atoms with Crippen LogP contribution in [0.1, 0.15) is 12.5 Å². The maximum atomic E-state index is 12.0. The predicted molar refractivity (Wildman–Crippen MR) is 99.0 cm³/mol. The zero-order valence-electron chi connectivity index (χ0n) is 12.1. The van der Waals surface area contributed by atoms with Gasteiger partial charge in [-0.15, -0.1) is 11.8 Å². The minimum Gasteiger partial charge on any atom is -0.272 e. The van der Waals surface area contributed by atoms with Crippen molar-refractivity contribution in [3.05, 3.63) is 63.1 Å². The first-order valence-corrected chi connectivity index (χ1v) is 8.68. The fourth-order valence-electron chi connectivity index (χ4n) is 1.66. The van der Waals surface area contributed by atoms with E-state index < -0.39 is 0 Å². The Kier molecular flexibility index (Phi) is 6.78. The number of hydrazone groups is 1. The fraction of sp³-hybridized carbons (Fsp3) is 0.125. The molecular weight excluding hydrogens is 375 g/mol. The van der Waals surface area contributed by atoms with Gasteiger partial charge in [0.05, 0.1) is 21.5 Å². The highest BCUT2D eigenvalue weighted by atomic mass is 35.5. The molecule has 1 atom stereocenters. The molecule has 0 radical (unpaired) electrons. The van der Waals surface area contributed by atoms with Crippen LogP contribution in [0.2, 0.25) is 15.1 Å². The lowest BCUT2D eigenvalue weighted by Crippen LogP contribution is -2.26. The van der Waals surface area contributed by atoms with E-state index >= 15 is 0 Å². The van der Waals surface area contributed by atoms with Crippen LogP contribution in [0.4, 0.5) is 0 Å². The summed E-state index contributed by atoms with van der Waals surface area (Å²) in [5.74, 6) is -0.218. The number of hydrogen-bond acceptors (Lipinski definition) is 3. The maximum absolute atomic E-state index is 12.0. The molecule has 7 heteroatoms. The van der Waals surface area contributed by atoms with Crippen molar-refractivity contribution in [3.63, 3.8) is 0 Å². The number of nitrogens with one attached hydrogen (secondary N) is 1. The molecule has 0 aliphatic rings. The number of rotatable bonds is 5. The lowest BCUT2D eigenvalue weighted by molar-refractivity contribution is -0.120. The summed E-state index contributed by atoms with van der Waals surface area (Å²) in [6.45, 7) is 1.80. The molecule has 1 N–H and O–H groups in total. The molecule has 120 valence electrons. The van der Waals surface area contributed by atoms with E-state index in [2.05, 4.69) is 10.5 Å². The first-order valence-electron chi connectivity index (χ1n) is 6.66. The Bertz CT molecular complexity index is 700. The molecule has 0 saturated carbocycles. The van der Waals surface area contributed by atoms with Gasteiger partial charge in [-0.1, -0.05) is 40.9 Å². The molecule has 0 heterocycles. The van der Waals surface area contributed by atoms with Crippen molar-refractivity contribution in [3.8, 4) is 0 Å². The summed E-state index contributed by atoms with van der Waals surface area (Å²) in [5.41, 5.74) is 3.05. The molecule has 2 aromatic rings. The van der Waals surface area contributed by atoms with Crippen LogP contribution in [0.3, 0.4) is 0 Å². The number of nitrogens with zero attached hydrogens (tertiary/aromatic N) is 1. The van der Waals surface area contributed by atoms with E-state index in [1.54, 1.807) is 37.3 Å². The second-order valence-corrected chi connectivity index (χ2v) is 7.25. The van der Waals surface area contributed by atoms with Gasteiger partial charge in [0.1, 0.15) is 0 Å². The van der Waals surface area contributed by atoms with Gasteiger partial charge in [-0.3, -0.25) is 4.79 Å². The van der Waals surface area contributed by atoms with Crippen LogP contribution in [-0.4, -0.2) is 17.4 Å². The molecule has 0 spiro atoms. The molecule has 0 bridgehead atoms. The van der Waals surface area contributed by atoms with Crippen molar-refractivity contribution in [2.75, 3.05) is 0 Å². The molecule has 2 rings (SSSR count). The monoisotopic (exact) mass is 386 g/mol. The quantitative estimate of drug-likeness (QED) is 0.431. The van der Waals surface area contributed by atoms with Crippen LogP contribution >= 0.6 is 46.6 Å². The summed E-state index contributed by atoms with van der Waals surface area (Å²) < 4.78 is 0. The second-order valence-electron chi connectivity index (χ2n) is 4.58. The molecule has 0 fully saturated rings. The number of amides is 1. The molecule has 0 aliphatic heterocycles. The lowest BCUT2D eigenvalue weighted by atomic mass is 10.2. The second kappa shape index (κ2) is 8.60. The van der Waals surface area contributed by atoms with Crippen LogP contribution < -0.4 is 5.43 Å². The van der Waals surface area contributed by atoms with Crippen LogP contribution in [0.5, 0.6) is 0 Å². The predicted octanol–water partition coefficient (Wildman–Crippen LogP) is 5.28. The van der Waals surface area contributed by atoms with E-state index in [4.69, 9.17) is 34.8 Å². The summed E-state index contributed by atoms with van der Waals surface area (Å²) in [5, 5.41) is 5.20. The van der Waals surface area contributed by atoms with Crippen LogP contribution in [-0.2, 0) is 4.79 Å². The molecule has 2 aromatic carbocycles. The van der Waals surface area contributed by atoms with Crippen molar-refractivity contribution in [1.82, 2.24) is 5.43 Å². The molecule has 23 heavy (non-hydrogen) atoms. The summed E-state index contributed by atoms with van der Waals surface area (Å²) in [6.07, 6.45) is 1.43. The Morgan fingerprint density at radius 3 is 2.35 bits per heavy atom. The van der Waals surface area contributed by atoms with Crippen molar-refractivity contribution >= 4 is 58.7 Å². The minimum atomic E-state index is -0.310. The Balaban J connectivity index is 1.93. The fourth-order valence-corrected chi connectivity index (χ4v) is 3.14. The average Bonchev–Trinajstić information content (AvgIpc) is 2.52. The number of thioether (sulfide) groups is 1. The van der Waals surface area contributed by atoms with Crippen molar-refractivity contribution in [2.45, 2.75) is 17.1 Å². The molecule has 0 saturated heterocycles. The van der Waals surface area contributed by atoms with Gasteiger partial charge >= 0.3 is 0 Å². The largest absolute Gasteiger partial charge is 0.272 e. The number of carbonyl (C=O) groups is 1. The van der Waals surface area contributed by atoms with Crippen LogP contribution in [0.25, 0.3) is 0 Å². The smallest absolute Gasteiger partial charge is 0.253 e. The maximum Gasteiger partial charge on any atom is 0.253 e. The number of benzene rings is 2. The highest BCUT2D eigenvalue weighted by molar-refractivity contribution is 8.00. The lowest BCUT2D eigenvalue weighted by Gasteiger charge is -2.09. The Morgan fingerprint density at radius 1 is 1.13 bits per heavy atom. The normalized spacial score (nSPS) is 12.3. The van der Waals surface area contributed by atoms with E-state index in [0.29, 0.717) is 20.6 Å². The highest BCUT2D eigenvalue weighted by Gasteiger charge is 2.13. The molecule has 1 amide bonds. The SMILES string of the molecule is C[C@H](Sc1ccc(Cl)cc1)C(=O)N/N=C\c1c(Cl)cccc1Cl. The first-order chi connectivity index (χ1) is 11.0. The van der Waals surface area contributed by atoms with Gasteiger partial charge in [-0.2, -0.15) is 5.10 Å². The van der Waals surface area contributed by atoms with Crippen molar-refractivity contribution < 1.29 is 4.79 Å². The van der Waals surface area contributed by atoms with Crippen LogP contribution in [0.15, 0.2) is 52.5 Å². The van der Waals surface area contributed by atoms with Crippen molar-refractivity contribution in [1.29, 1.82) is 0 Å². The molecule has 0 aromatic heterocycles. The van der Waals surface area contributed by atoms with Gasteiger partial charge in [0, 0.05) is 15.5 Å². The molecule has 0 aliphatic carbocycles. The minimum absolute atomic E-state index is 0.218. The van der Waals surface area contributed by atoms with Gasteiger partial charge < -0.3 is 0 Å². The topological polar surface area (TPSA) is 41.5 Å². The molecule has 3 nitrogen and oxygen atoms in total. The van der Waals surface area contributed by atoms with Gasteiger partial charge in [-0.05, 0) is 43.3 Å². The van der Waals surface area contributed by atoms with E-state index in [-0.39, 0.29) is 11.2 Å². The molecule has 0 unspecified atom stereocenters. The molecular formula is C16H13Cl3N2OS. The zero-order valence-corrected chi connectivity index (χ0v) is 15.2. The van der Waals surface area contributed by atoms with Gasteiger partial charge in [0.15, 0.2) is 0 Å². The Labute approximate surface area is 154 Å². The zero-order chi connectivity index (χ0) is 16.8. The summed E-state index contributed by atoms with van der Waals surface area (Å²) >= 11 is 19.3. The standard InChI is InChI=1S/C16H13Cl3N2OS/c1-10(23-12-7-5-11(17)6-8-12)16(22)21-20-9-13-14(18)3-2-4-15(13)19/h2-10H,1H3,(H,21,22)/b20-9-/t10-/m0/s1. The summed E-state index contributed by atoms with van der Waals surface area (Å²) in [4.78, 5) is 13.0. The van der Waals surface area contributed by atoms with Gasteiger partial charge in [0.25, 0.3) is 5.91 Å². The number of hydrogen-bond donors (Lipinski definition) is 1. The Morgan fingerprint density at radius 2 is 1.74 bits per heavy atom. The third-order valence-corrected chi connectivity index (χ3v) is 4.89. The summed E-state index contributed by atoms with van der Waals surface area (Å²) in [6, 6.07) is 12.4. The van der Waals surface area contributed by atoms with Crippen LogP contribution in [0, 0.1) is 0 Å². The van der Waals surface area contributed by atoms with Gasteiger partial charge in [-0.25, -0.2) is 5.43 Å². The van der Waals surface area contributed by atoms with E-state index in [0.717, 1.165) is 4.90 Å². The number of halogens is 3. The Hall–Kier alpha value is -1.20. The van der Waals surface area contributed by atoms with Gasteiger partial charge in [0.2, 0.25) is 0 Å². The van der Waals surface area contributed by atoms with Crippen molar-refractivity contribution in [2.24, 2.45) is 5.10 Å². The summed E-state index contributed by atoms with van der Waals surface area (Å²) in [7, 11) is 0. The van der Waals surface area contributed by atoms with E-state index in [9.17, 15) is 4.79 Å². The first kappa shape index (κ1) is 18.1. The highest BCUT2D eigenvalue weighted by Crippen LogP contribution is 2.25. The van der Waals surface area contributed by atoms with E-state index in [1.165, 1.54) is 18.0 Å².